The molecular formula is C16H30N2. The molecule has 18 heavy (non-hydrogen) atoms. The van der Waals surface area contributed by atoms with E-state index in [1.54, 1.807) is 0 Å². The number of hydrogen-bond acceptors (Lipinski definition) is 2. The van der Waals surface area contributed by atoms with Gasteiger partial charge in [-0.3, -0.25) is 0 Å². The molecule has 1 saturated carbocycles. The first kappa shape index (κ1) is 12.9. The summed E-state index contributed by atoms with van der Waals surface area (Å²) >= 11 is 0. The third-order valence-electron chi connectivity index (χ3n) is 5.74. The van der Waals surface area contributed by atoms with Gasteiger partial charge in [-0.05, 0) is 57.0 Å². The molecule has 4 rings (SSSR count). The molecule has 2 atom stereocenters. The first-order valence-electron chi connectivity index (χ1n) is 8.35. The van der Waals surface area contributed by atoms with E-state index in [4.69, 9.17) is 0 Å². The lowest BCUT2D eigenvalue weighted by molar-refractivity contribution is 0.0595. The van der Waals surface area contributed by atoms with E-state index in [-0.39, 0.29) is 0 Å². The predicted octanol–water partition coefficient (Wildman–Crippen LogP) is 3.03. The molecule has 3 saturated heterocycles. The van der Waals surface area contributed by atoms with Crippen molar-refractivity contribution in [2.24, 2.45) is 11.8 Å². The largest absolute Gasteiger partial charge is 0.309 e. The summed E-state index contributed by atoms with van der Waals surface area (Å²) < 4.78 is 0. The number of piperidine rings is 3. The fourth-order valence-corrected chi connectivity index (χ4v) is 4.55. The second-order valence-corrected chi connectivity index (χ2v) is 6.82. The van der Waals surface area contributed by atoms with Gasteiger partial charge in [-0.25, -0.2) is 0 Å². The Balaban J connectivity index is 1.56. The van der Waals surface area contributed by atoms with E-state index in [2.05, 4.69) is 17.1 Å². The zero-order valence-corrected chi connectivity index (χ0v) is 12.0. The van der Waals surface area contributed by atoms with Crippen LogP contribution < -0.4 is 5.32 Å². The number of hydrogen-bond donors (Lipinski definition) is 1. The third-order valence-corrected chi connectivity index (χ3v) is 5.74. The Labute approximate surface area is 113 Å². The lowest BCUT2D eigenvalue weighted by atomic mass is 9.80. The normalized spacial score (nSPS) is 38.8. The topological polar surface area (TPSA) is 15.3 Å². The van der Waals surface area contributed by atoms with Crippen LogP contribution in [0.5, 0.6) is 0 Å². The predicted molar refractivity (Wildman–Crippen MR) is 76.7 cm³/mol. The smallest absolute Gasteiger partial charge is 0.0226 e. The number of rotatable bonds is 4. The highest BCUT2D eigenvalue weighted by Gasteiger charge is 2.36. The van der Waals surface area contributed by atoms with Crippen LogP contribution in [0.1, 0.15) is 58.3 Å². The van der Waals surface area contributed by atoms with Gasteiger partial charge >= 0.3 is 0 Å². The molecule has 2 heteroatoms. The van der Waals surface area contributed by atoms with Crippen LogP contribution in [0.25, 0.3) is 0 Å². The molecule has 0 aromatic heterocycles. The van der Waals surface area contributed by atoms with Crippen molar-refractivity contribution in [3.8, 4) is 0 Å². The lowest BCUT2D eigenvalue weighted by Crippen LogP contribution is -2.59. The molecule has 1 aliphatic carbocycles. The SMILES string of the molecule is CCC(NC1CN2CCC1CC2)C1CCCCC1. The standard InChI is InChI=1S/C16H30N2/c1-2-15(13-6-4-3-5-7-13)17-16-12-18-10-8-14(16)9-11-18/h13-17H,2-12H2,1H3. The van der Waals surface area contributed by atoms with E-state index in [9.17, 15) is 0 Å². The average Bonchev–Trinajstić information content (AvgIpc) is 2.47. The summed E-state index contributed by atoms with van der Waals surface area (Å²) in [4.78, 5) is 2.67. The monoisotopic (exact) mass is 250 g/mol. The summed E-state index contributed by atoms with van der Waals surface area (Å²) in [6.07, 6.45) is 11.6. The van der Waals surface area contributed by atoms with Crippen LogP contribution in [-0.2, 0) is 0 Å². The van der Waals surface area contributed by atoms with Crippen molar-refractivity contribution in [3.63, 3.8) is 0 Å². The summed E-state index contributed by atoms with van der Waals surface area (Å²) in [6, 6.07) is 1.61. The minimum atomic E-state index is 0.802. The summed E-state index contributed by atoms with van der Waals surface area (Å²) in [6.45, 7) is 6.44. The Morgan fingerprint density at radius 1 is 1.06 bits per heavy atom. The number of nitrogens with zero attached hydrogens (tertiary/aromatic N) is 1. The van der Waals surface area contributed by atoms with Crippen molar-refractivity contribution in [2.45, 2.75) is 70.4 Å². The highest BCUT2D eigenvalue weighted by atomic mass is 15.2. The van der Waals surface area contributed by atoms with Crippen molar-refractivity contribution in [1.29, 1.82) is 0 Å². The Hall–Kier alpha value is -0.0800. The van der Waals surface area contributed by atoms with Gasteiger partial charge in [0.2, 0.25) is 0 Å². The van der Waals surface area contributed by atoms with Gasteiger partial charge in [0.1, 0.15) is 0 Å². The third kappa shape index (κ3) is 2.75. The average molecular weight is 250 g/mol. The number of fused-ring (bicyclic) bond motifs is 3. The van der Waals surface area contributed by atoms with E-state index in [0.717, 1.165) is 23.9 Å². The van der Waals surface area contributed by atoms with Crippen LogP contribution in [0.2, 0.25) is 0 Å². The van der Waals surface area contributed by atoms with E-state index in [0.29, 0.717) is 0 Å². The molecule has 4 fully saturated rings. The molecule has 0 aromatic rings. The van der Waals surface area contributed by atoms with Crippen LogP contribution >= 0.6 is 0 Å². The van der Waals surface area contributed by atoms with E-state index in [1.165, 1.54) is 71.0 Å². The zero-order valence-electron chi connectivity index (χ0n) is 12.0. The molecule has 1 N–H and O–H groups in total. The molecule has 0 amide bonds. The Kier molecular flexibility index (Phi) is 4.25. The molecule has 0 radical (unpaired) electrons. The van der Waals surface area contributed by atoms with Crippen LogP contribution in [0.4, 0.5) is 0 Å². The Morgan fingerprint density at radius 3 is 2.33 bits per heavy atom. The van der Waals surface area contributed by atoms with Gasteiger partial charge in [0, 0.05) is 18.6 Å². The van der Waals surface area contributed by atoms with Gasteiger partial charge in [-0.15, -0.1) is 0 Å². The molecule has 4 aliphatic rings. The maximum atomic E-state index is 4.07. The minimum Gasteiger partial charge on any atom is -0.309 e. The molecule has 2 bridgehead atoms. The van der Waals surface area contributed by atoms with Gasteiger partial charge < -0.3 is 10.2 Å². The van der Waals surface area contributed by atoms with Gasteiger partial charge in [0.25, 0.3) is 0 Å². The summed E-state index contributed by atoms with van der Waals surface area (Å²) in [5, 5.41) is 4.07. The lowest BCUT2D eigenvalue weighted by Gasteiger charge is -2.47. The molecular weight excluding hydrogens is 220 g/mol. The van der Waals surface area contributed by atoms with E-state index in [1.807, 2.05) is 0 Å². The Bertz CT molecular complexity index is 252. The van der Waals surface area contributed by atoms with Gasteiger partial charge in [0.15, 0.2) is 0 Å². The maximum absolute atomic E-state index is 4.07. The first-order chi connectivity index (χ1) is 8.86. The molecule has 0 spiro atoms. The molecule has 2 nitrogen and oxygen atoms in total. The zero-order chi connectivity index (χ0) is 12.4. The Morgan fingerprint density at radius 2 is 1.78 bits per heavy atom. The summed E-state index contributed by atoms with van der Waals surface area (Å²) in [7, 11) is 0. The van der Waals surface area contributed by atoms with Crippen LogP contribution in [0, 0.1) is 11.8 Å². The fraction of sp³-hybridized carbons (Fsp3) is 1.00. The van der Waals surface area contributed by atoms with Crippen molar-refractivity contribution < 1.29 is 0 Å². The minimum absolute atomic E-state index is 0.802. The van der Waals surface area contributed by atoms with Crippen LogP contribution in [0.3, 0.4) is 0 Å². The van der Waals surface area contributed by atoms with Crippen molar-refractivity contribution in [2.75, 3.05) is 19.6 Å². The van der Waals surface area contributed by atoms with Gasteiger partial charge in [0.05, 0.1) is 0 Å². The molecule has 0 aromatic carbocycles. The van der Waals surface area contributed by atoms with Gasteiger partial charge in [-0.1, -0.05) is 26.2 Å². The van der Waals surface area contributed by atoms with Crippen LogP contribution in [0.15, 0.2) is 0 Å². The van der Waals surface area contributed by atoms with E-state index < -0.39 is 0 Å². The van der Waals surface area contributed by atoms with Gasteiger partial charge in [-0.2, -0.15) is 0 Å². The maximum Gasteiger partial charge on any atom is 0.0226 e. The highest BCUT2D eigenvalue weighted by molar-refractivity contribution is 4.93. The highest BCUT2D eigenvalue weighted by Crippen LogP contribution is 2.31. The quantitative estimate of drug-likeness (QED) is 0.825. The summed E-state index contributed by atoms with van der Waals surface area (Å²) in [5.74, 6) is 1.95. The molecule has 104 valence electrons. The first-order valence-corrected chi connectivity index (χ1v) is 8.35. The van der Waals surface area contributed by atoms with E-state index >= 15 is 0 Å². The molecule has 2 unspecified atom stereocenters. The summed E-state index contributed by atoms with van der Waals surface area (Å²) in [5.41, 5.74) is 0. The number of nitrogens with one attached hydrogen (secondary N) is 1. The van der Waals surface area contributed by atoms with Crippen molar-refractivity contribution in [3.05, 3.63) is 0 Å². The fourth-order valence-electron chi connectivity index (χ4n) is 4.55. The van der Waals surface area contributed by atoms with Crippen molar-refractivity contribution >= 4 is 0 Å². The second-order valence-electron chi connectivity index (χ2n) is 6.82. The van der Waals surface area contributed by atoms with Crippen LogP contribution in [-0.4, -0.2) is 36.6 Å². The van der Waals surface area contributed by atoms with Crippen molar-refractivity contribution in [1.82, 2.24) is 10.2 Å². The molecule has 3 heterocycles. The molecule has 3 aliphatic heterocycles. The second kappa shape index (κ2) is 5.92.